The Morgan fingerprint density at radius 1 is 1.12 bits per heavy atom. The van der Waals surface area contributed by atoms with Gasteiger partial charge < -0.3 is 9.84 Å². The second-order valence-corrected chi connectivity index (χ2v) is 8.21. The number of hydroxylamine groups is 2. The van der Waals surface area contributed by atoms with Crippen LogP contribution in [0.1, 0.15) is 31.2 Å². The molecular weight excluding hydrogens is 429 g/mol. The van der Waals surface area contributed by atoms with Gasteiger partial charge in [0.1, 0.15) is 0 Å². The summed E-state index contributed by atoms with van der Waals surface area (Å²) < 4.78 is 37.7. The van der Waals surface area contributed by atoms with Gasteiger partial charge in [-0.2, -0.15) is 13.2 Å². The first-order valence-electron chi connectivity index (χ1n) is 10.9. The zero-order valence-corrected chi connectivity index (χ0v) is 17.8. The number of carbonyl (C=O) groups excluding carboxylic acids is 1. The van der Waals surface area contributed by atoms with E-state index < -0.39 is 12.1 Å². The minimum absolute atomic E-state index is 0.00627. The van der Waals surface area contributed by atoms with Crippen molar-refractivity contribution >= 4 is 11.9 Å². The van der Waals surface area contributed by atoms with Crippen molar-refractivity contribution < 1.29 is 37.4 Å². The highest BCUT2D eigenvalue weighted by molar-refractivity contribution is 5.78. The van der Waals surface area contributed by atoms with Gasteiger partial charge in [0.15, 0.2) is 0 Å². The molecule has 1 aromatic carbocycles. The van der Waals surface area contributed by atoms with E-state index >= 15 is 0 Å². The molecule has 1 N–H and O–H groups in total. The van der Waals surface area contributed by atoms with Crippen molar-refractivity contribution in [2.24, 2.45) is 5.92 Å². The molecule has 3 fully saturated rings. The van der Waals surface area contributed by atoms with E-state index in [1.807, 2.05) is 0 Å². The number of carboxylic acid groups (broad SMARTS) is 1. The molecule has 178 valence electrons. The Morgan fingerprint density at radius 2 is 1.84 bits per heavy atom. The number of fused-ring (bicyclic) bond motifs is 1. The number of benzene rings is 1. The van der Waals surface area contributed by atoms with Gasteiger partial charge >= 0.3 is 12.1 Å². The SMILES string of the molecule is O=C(O)C(F)(F)F.O=C([C@@H]1C[C@H]2OCC[C@H]2N(CCc2ccccc2)C1)N1CCCCO1. The summed E-state index contributed by atoms with van der Waals surface area (Å²) in [5, 5.41) is 8.73. The van der Waals surface area contributed by atoms with E-state index in [1.54, 1.807) is 5.06 Å². The number of carbonyl (C=O) groups is 2. The first-order valence-corrected chi connectivity index (χ1v) is 10.9. The number of likely N-dealkylation sites (tertiary alicyclic amines) is 1. The Labute approximate surface area is 185 Å². The van der Waals surface area contributed by atoms with E-state index in [4.69, 9.17) is 19.5 Å². The molecule has 3 saturated heterocycles. The van der Waals surface area contributed by atoms with Crippen molar-refractivity contribution in [1.29, 1.82) is 0 Å². The Hall–Kier alpha value is -2.17. The minimum atomic E-state index is -5.08. The van der Waals surface area contributed by atoms with Crippen LogP contribution in [0.15, 0.2) is 30.3 Å². The molecule has 3 aliphatic heterocycles. The third-order valence-electron chi connectivity index (χ3n) is 5.99. The number of hydrogen-bond acceptors (Lipinski definition) is 5. The summed E-state index contributed by atoms with van der Waals surface area (Å²) in [4.78, 5) is 29.9. The van der Waals surface area contributed by atoms with E-state index in [-0.39, 0.29) is 17.9 Å². The zero-order chi connectivity index (χ0) is 23.1. The smallest absolute Gasteiger partial charge is 0.475 e. The second-order valence-electron chi connectivity index (χ2n) is 8.21. The summed E-state index contributed by atoms with van der Waals surface area (Å²) in [5.41, 5.74) is 1.35. The van der Waals surface area contributed by atoms with Crippen molar-refractivity contribution in [1.82, 2.24) is 9.96 Å². The van der Waals surface area contributed by atoms with Gasteiger partial charge in [0.2, 0.25) is 0 Å². The maximum Gasteiger partial charge on any atom is 0.490 e. The fourth-order valence-electron chi connectivity index (χ4n) is 4.38. The fraction of sp³-hybridized carbons (Fsp3) is 0.636. The first-order chi connectivity index (χ1) is 15.3. The second kappa shape index (κ2) is 11.1. The highest BCUT2D eigenvalue weighted by atomic mass is 19.4. The van der Waals surface area contributed by atoms with Gasteiger partial charge in [0.25, 0.3) is 5.91 Å². The number of piperidine rings is 1. The van der Waals surface area contributed by atoms with E-state index in [1.165, 1.54) is 5.56 Å². The van der Waals surface area contributed by atoms with Crippen molar-refractivity contribution in [3.8, 4) is 0 Å². The lowest BCUT2D eigenvalue weighted by Crippen LogP contribution is -2.54. The molecule has 0 unspecified atom stereocenters. The van der Waals surface area contributed by atoms with Gasteiger partial charge in [-0.05, 0) is 37.7 Å². The van der Waals surface area contributed by atoms with Crippen LogP contribution in [0.25, 0.3) is 0 Å². The quantitative estimate of drug-likeness (QED) is 0.748. The highest BCUT2D eigenvalue weighted by Gasteiger charge is 2.43. The molecule has 3 atom stereocenters. The Morgan fingerprint density at radius 3 is 2.47 bits per heavy atom. The van der Waals surface area contributed by atoms with E-state index in [9.17, 15) is 18.0 Å². The van der Waals surface area contributed by atoms with Gasteiger partial charge in [-0.1, -0.05) is 30.3 Å². The molecule has 10 heteroatoms. The maximum absolute atomic E-state index is 12.9. The highest BCUT2D eigenvalue weighted by Crippen LogP contribution is 2.32. The number of nitrogens with zero attached hydrogens (tertiary/aromatic N) is 2. The summed E-state index contributed by atoms with van der Waals surface area (Å²) in [6, 6.07) is 11.1. The van der Waals surface area contributed by atoms with E-state index in [0.29, 0.717) is 12.6 Å². The average molecular weight is 458 g/mol. The summed E-state index contributed by atoms with van der Waals surface area (Å²) in [6.45, 7) is 4.03. The van der Waals surface area contributed by atoms with Gasteiger partial charge in [-0.3, -0.25) is 14.5 Å². The summed E-state index contributed by atoms with van der Waals surface area (Å²) >= 11 is 0. The van der Waals surface area contributed by atoms with Crippen LogP contribution in [0.2, 0.25) is 0 Å². The van der Waals surface area contributed by atoms with Gasteiger partial charge in [0.05, 0.1) is 18.6 Å². The number of ether oxygens (including phenoxy) is 1. The lowest BCUT2D eigenvalue weighted by molar-refractivity contribution is -0.204. The predicted octanol–water partition coefficient (Wildman–Crippen LogP) is 2.90. The van der Waals surface area contributed by atoms with Crippen molar-refractivity contribution in [3.05, 3.63) is 35.9 Å². The molecule has 0 saturated carbocycles. The fourth-order valence-corrected chi connectivity index (χ4v) is 4.38. The predicted molar refractivity (Wildman–Crippen MR) is 109 cm³/mol. The normalized spacial score (nSPS) is 26.1. The number of rotatable bonds is 4. The van der Waals surface area contributed by atoms with Crippen LogP contribution in [0.4, 0.5) is 13.2 Å². The molecule has 4 rings (SSSR count). The molecule has 0 aromatic heterocycles. The summed E-state index contributed by atoms with van der Waals surface area (Å²) in [5.74, 6) is -2.61. The molecule has 0 spiro atoms. The molecule has 1 amide bonds. The summed E-state index contributed by atoms with van der Waals surface area (Å²) in [7, 11) is 0. The van der Waals surface area contributed by atoms with Crippen LogP contribution < -0.4 is 0 Å². The molecule has 0 radical (unpaired) electrons. The molecule has 7 nitrogen and oxygen atoms in total. The maximum atomic E-state index is 12.9. The molecule has 3 aliphatic rings. The number of halogens is 3. The molecule has 0 aliphatic carbocycles. The minimum Gasteiger partial charge on any atom is -0.475 e. The summed E-state index contributed by atoms with van der Waals surface area (Å²) in [6.07, 6.45) is 0.143. The van der Waals surface area contributed by atoms with Gasteiger partial charge in [0, 0.05) is 32.3 Å². The molecule has 32 heavy (non-hydrogen) atoms. The van der Waals surface area contributed by atoms with Crippen LogP contribution >= 0.6 is 0 Å². The number of carboxylic acids is 1. The lowest BCUT2D eigenvalue weighted by atomic mass is 9.89. The Balaban J connectivity index is 0.000000360. The van der Waals surface area contributed by atoms with Crippen molar-refractivity contribution in [2.45, 2.75) is 50.4 Å². The largest absolute Gasteiger partial charge is 0.490 e. The van der Waals surface area contributed by atoms with E-state index in [2.05, 4.69) is 35.2 Å². The number of aliphatic carboxylic acids is 1. The molecule has 0 bridgehead atoms. The van der Waals surface area contributed by atoms with Crippen LogP contribution in [-0.2, 0) is 25.6 Å². The number of hydrogen-bond donors (Lipinski definition) is 1. The van der Waals surface area contributed by atoms with Gasteiger partial charge in [-0.15, -0.1) is 0 Å². The third kappa shape index (κ3) is 6.66. The first kappa shape index (κ1) is 24.5. The van der Waals surface area contributed by atoms with Crippen LogP contribution in [0.3, 0.4) is 0 Å². The van der Waals surface area contributed by atoms with Crippen molar-refractivity contribution in [2.75, 3.05) is 32.8 Å². The number of amides is 1. The third-order valence-corrected chi connectivity index (χ3v) is 5.99. The van der Waals surface area contributed by atoms with Crippen LogP contribution in [0, 0.1) is 5.92 Å². The van der Waals surface area contributed by atoms with Gasteiger partial charge in [-0.25, -0.2) is 9.86 Å². The molecule has 3 heterocycles. The monoisotopic (exact) mass is 458 g/mol. The van der Waals surface area contributed by atoms with E-state index in [0.717, 1.165) is 58.3 Å². The standard InChI is InChI=1S/C20H28N2O3.C2HF3O2/c23-20(22-10-4-5-12-25-22)17-14-19-18(9-13-24-19)21(15-17)11-8-16-6-2-1-3-7-16;3-2(4,5)1(6)7/h1-3,6-7,17-19H,4-5,8-15H2;(H,6,7)/t17-,18-,19-;/m1./s1. The zero-order valence-electron chi connectivity index (χ0n) is 17.8. The average Bonchev–Trinajstić information content (AvgIpc) is 3.27. The lowest BCUT2D eigenvalue weighted by Gasteiger charge is -2.41. The molecular formula is C22H29F3N2O5. The van der Waals surface area contributed by atoms with Crippen LogP contribution in [0.5, 0.6) is 0 Å². The topological polar surface area (TPSA) is 79.3 Å². The van der Waals surface area contributed by atoms with Crippen LogP contribution in [-0.4, -0.2) is 78.1 Å². The number of alkyl halides is 3. The Bertz CT molecular complexity index is 756. The van der Waals surface area contributed by atoms with Crippen molar-refractivity contribution in [3.63, 3.8) is 0 Å². The Kier molecular flexibility index (Phi) is 8.50. The molecule has 1 aromatic rings.